The number of hydrogen-bond acceptors (Lipinski definition) is 4. The largest absolute Gasteiger partial charge is 0.416 e. The molecule has 3 heterocycles. The molecule has 0 radical (unpaired) electrons. The smallest absolute Gasteiger partial charge is 0.334 e. The lowest BCUT2D eigenvalue weighted by molar-refractivity contribution is -0.138. The maximum Gasteiger partial charge on any atom is 0.416 e. The van der Waals surface area contributed by atoms with Crippen LogP contribution in [-0.4, -0.2) is 37.9 Å². The molecule has 10 heteroatoms. The van der Waals surface area contributed by atoms with E-state index in [2.05, 4.69) is 27.2 Å². The average Bonchev–Trinajstić information content (AvgIpc) is 3.55. The Morgan fingerprint density at radius 1 is 1.15 bits per heavy atom. The van der Waals surface area contributed by atoms with E-state index in [1.165, 1.54) is 11.0 Å². The van der Waals surface area contributed by atoms with E-state index in [-0.39, 0.29) is 28.9 Å². The van der Waals surface area contributed by atoms with E-state index in [1.54, 1.807) is 47.2 Å². The number of alkyl halides is 3. The first-order chi connectivity index (χ1) is 18.7. The minimum Gasteiger partial charge on any atom is -0.334 e. The van der Waals surface area contributed by atoms with Crippen LogP contribution in [0.5, 0.6) is 0 Å². The molecule has 7 nitrogen and oxygen atoms in total. The van der Waals surface area contributed by atoms with Gasteiger partial charge in [0.05, 0.1) is 11.8 Å². The van der Waals surface area contributed by atoms with Gasteiger partial charge >= 0.3 is 6.18 Å². The van der Waals surface area contributed by atoms with Crippen LogP contribution in [0.15, 0.2) is 54.9 Å². The first kappa shape index (κ1) is 24.7. The summed E-state index contributed by atoms with van der Waals surface area (Å²) in [4.78, 5) is 31.7. The third-order valence-electron chi connectivity index (χ3n) is 6.96. The Kier molecular flexibility index (Phi) is 5.87. The molecule has 0 saturated heterocycles. The number of rotatable bonds is 4. The third-order valence-corrected chi connectivity index (χ3v) is 6.96. The lowest BCUT2D eigenvalue weighted by Gasteiger charge is -2.15. The minimum atomic E-state index is -4.67. The van der Waals surface area contributed by atoms with Crippen LogP contribution in [-0.2, 0) is 12.7 Å². The lowest BCUT2D eigenvalue weighted by atomic mass is 10.0. The first-order valence-corrected chi connectivity index (χ1v) is 12.4. The number of amides is 2. The van der Waals surface area contributed by atoms with Crippen LogP contribution in [0.4, 0.5) is 18.9 Å². The fourth-order valence-electron chi connectivity index (χ4n) is 4.70. The number of aromatic nitrogens is 3. The summed E-state index contributed by atoms with van der Waals surface area (Å²) in [5, 5.41) is 6.77. The second kappa shape index (κ2) is 9.27. The SMILES string of the molecule is Cc1ccc(C(=O)Nc2cc3c(c(C(F)(F)F)c2)CN(CC2CC2)C3=O)cc1C#Cc1cnc2cccnn12. The molecule has 0 spiro atoms. The predicted molar refractivity (Wildman–Crippen MR) is 137 cm³/mol. The predicted octanol–water partition coefficient (Wildman–Crippen LogP) is 5.07. The average molecular weight is 530 g/mol. The Morgan fingerprint density at radius 2 is 1.97 bits per heavy atom. The molecular weight excluding hydrogens is 507 g/mol. The number of benzene rings is 2. The van der Waals surface area contributed by atoms with E-state index in [4.69, 9.17) is 0 Å². The van der Waals surface area contributed by atoms with Crippen molar-refractivity contribution >= 4 is 23.1 Å². The van der Waals surface area contributed by atoms with Gasteiger partial charge in [0, 0.05) is 41.7 Å². The summed E-state index contributed by atoms with van der Waals surface area (Å²) in [5.74, 6) is 5.34. The summed E-state index contributed by atoms with van der Waals surface area (Å²) in [5.41, 5.74) is 1.78. The highest BCUT2D eigenvalue weighted by Crippen LogP contribution is 2.41. The van der Waals surface area contributed by atoms with Gasteiger partial charge in [-0.3, -0.25) is 9.59 Å². The standard InChI is InChI=1S/C29H22F3N5O2/c1-17-4-7-20(11-19(17)8-9-22-14-33-26-3-2-10-34-37(22)26)27(38)35-21-12-23-24(25(13-21)29(30,31)32)16-36(28(23)39)15-18-5-6-18/h2-4,7,10-14,18H,5-6,15-16H2,1H3,(H,35,38). The minimum absolute atomic E-state index is 0.0159. The Bertz CT molecular complexity index is 1710. The van der Waals surface area contributed by atoms with Gasteiger partial charge in [-0.2, -0.15) is 18.3 Å². The molecule has 2 aromatic heterocycles. The van der Waals surface area contributed by atoms with Crippen molar-refractivity contribution in [3.8, 4) is 11.8 Å². The van der Waals surface area contributed by atoms with Gasteiger partial charge in [0.2, 0.25) is 0 Å². The molecule has 4 aromatic rings. The van der Waals surface area contributed by atoms with Crippen molar-refractivity contribution in [3.63, 3.8) is 0 Å². The number of hydrogen-bond donors (Lipinski definition) is 1. The van der Waals surface area contributed by atoms with Gasteiger partial charge in [0.15, 0.2) is 5.65 Å². The molecule has 196 valence electrons. The number of halogens is 3. The summed E-state index contributed by atoms with van der Waals surface area (Å²) in [6.07, 6.45) is 0.511. The maximum atomic E-state index is 13.9. The van der Waals surface area contributed by atoms with E-state index < -0.39 is 23.6 Å². The molecule has 2 aliphatic rings. The molecule has 6 rings (SSSR count). The van der Waals surface area contributed by atoms with Crippen molar-refractivity contribution in [1.29, 1.82) is 0 Å². The van der Waals surface area contributed by atoms with Gasteiger partial charge < -0.3 is 10.2 Å². The lowest BCUT2D eigenvalue weighted by Crippen LogP contribution is -2.26. The number of carbonyl (C=O) groups excluding carboxylic acids is 2. The number of anilines is 1. The van der Waals surface area contributed by atoms with Crippen LogP contribution in [0.3, 0.4) is 0 Å². The zero-order valence-electron chi connectivity index (χ0n) is 20.8. The van der Waals surface area contributed by atoms with Crippen LogP contribution in [0.25, 0.3) is 5.65 Å². The first-order valence-electron chi connectivity index (χ1n) is 12.4. The Labute approximate surface area is 221 Å². The second-order valence-corrected chi connectivity index (χ2v) is 9.85. The van der Waals surface area contributed by atoms with Crippen LogP contribution in [0, 0.1) is 24.7 Å². The highest BCUT2D eigenvalue weighted by Gasteiger charge is 2.41. The number of carbonyl (C=O) groups is 2. The summed E-state index contributed by atoms with van der Waals surface area (Å²) >= 11 is 0. The fraction of sp³-hybridized carbons (Fsp3) is 0.241. The molecule has 2 aromatic carbocycles. The van der Waals surface area contributed by atoms with Crippen LogP contribution in [0.2, 0.25) is 0 Å². The Morgan fingerprint density at radius 3 is 2.74 bits per heavy atom. The normalized spacial score (nSPS) is 14.8. The van der Waals surface area contributed by atoms with Gasteiger partial charge in [-0.05, 0) is 79.1 Å². The number of nitrogens with zero attached hydrogens (tertiary/aromatic N) is 4. The maximum absolute atomic E-state index is 13.9. The molecule has 1 aliphatic heterocycles. The van der Waals surface area contributed by atoms with Crippen LogP contribution in [0.1, 0.15) is 61.5 Å². The monoisotopic (exact) mass is 529 g/mol. The quantitative estimate of drug-likeness (QED) is 0.374. The van der Waals surface area contributed by atoms with Crippen molar-refractivity contribution in [1.82, 2.24) is 19.5 Å². The van der Waals surface area contributed by atoms with Crippen LogP contribution >= 0.6 is 0 Å². The van der Waals surface area contributed by atoms with Crippen molar-refractivity contribution in [3.05, 3.63) is 93.9 Å². The molecule has 39 heavy (non-hydrogen) atoms. The van der Waals surface area contributed by atoms with E-state index in [9.17, 15) is 22.8 Å². The molecule has 1 saturated carbocycles. The van der Waals surface area contributed by atoms with Crippen molar-refractivity contribution in [2.75, 3.05) is 11.9 Å². The molecular formula is C29H22F3N5O2. The van der Waals surface area contributed by atoms with Gasteiger partial charge in [0.1, 0.15) is 5.69 Å². The molecule has 0 bridgehead atoms. The summed E-state index contributed by atoms with van der Waals surface area (Å²) in [7, 11) is 0. The fourth-order valence-corrected chi connectivity index (χ4v) is 4.70. The molecule has 1 N–H and O–H groups in total. The van der Waals surface area contributed by atoms with Crippen molar-refractivity contribution < 1.29 is 22.8 Å². The van der Waals surface area contributed by atoms with E-state index >= 15 is 0 Å². The van der Waals surface area contributed by atoms with Gasteiger partial charge in [-0.15, -0.1) is 0 Å². The number of imidazole rings is 1. The molecule has 2 amide bonds. The molecule has 1 fully saturated rings. The van der Waals surface area contributed by atoms with Gasteiger partial charge in [0.25, 0.3) is 11.8 Å². The summed E-state index contributed by atoms with van der Waals surface area (Å²) < 4.78 is 43.4. The van der Waals surface area contributed by atoms with E-state index in [0.29, 0.717) is 29.4 Å². The highest BCUT2D eigenvalue weighted by atomic mass is 19.4. The highest BCUT2D eigenvalue weighted by molar-refractivity contribution is 6.06. The number of aryl methyl sites for hydroxylation is 1. The van der Waals surface area contributed by atoms with E-state index in [1.807, 2.05) is 6.92 Å². The Hall–Kier alpha value is -4.65. The molecule has 0 atom stereocenters. The summed E-state index contributed by atoms with van der Waals surface area (Å²) in [6.45, 7) is 2.22. The van der Waals surface area contributed by atoms with Crippen molar-refractivity contribution in [2.24, 2.45) is 5.92 Å². The topological polar surface area (TPSA) is 79.6 Å². The van der Waals surface area contributed by atoms with E-state index in [0.717, 1.165) is 24.5 Å². The summed E-state index contributed by atoms with van der Waals surface area (Å²) in [6, 6.07) is 10.7. The van der Waals surface area contributed by atoms with Crippen molar-refractivity contribution in [2.45, 2.75) is 32.5 Å². The molecule has 1 aliphatic carbocycles. The third kappa shape index (κ3) is 4.83. The second-order valence-electron chi connectivity index (χ2n) is 9.85. The van der Waals surface area contributed by atoms with Crippen LogP contribution < -0.4 is 5.32 Å². The number of fused-ring (bicyclic) bond motifs is 2. The van der Waals surface area contributed by atoms with Gasteiger partial charge in [-0.25, -0.2) is 9.50 Å². The zero-order valence-corrected chi connectivity index (χ0v) is 20.8. The van der Waals surface area contributed by atoms with Gasteiger partial charge in [-0.1, -0.05) is 12.0 Å². The zero-order chi connectivity index (χ0) is 27.3. The Balaban J connectivity index is 1.28. The number of nitrogens with one attached hydrogen (secondary N) is 1. The molecule has 0 unspecified atom stereocenters.